The lowest BCUT2D eigenvalue weighted by molar-refractivity contribution is 1.23. The average Bonchev–Trinajstić information content (AvgIpc) is 2.54. The zero-order valence-electron chi connectivity index (χ0n) is 10.7. The van der Waals surface area contributed by atoms with Crippen LogP contribution in [0.15, 0.2) is 67.0 Å². The lowest BCUT2D eigenvalue weighted by Gasteiger charge is -2.05. The third-order valence-electron chi connectivity index (χ3n) is 3.36. The smallest absolute Gasteiger partial charge is 0.161 e. The highest BCUT2D eigenvalue weighted by Crippen LogP contribution is 2.25. The van der Waals surface area contributed by atoms with Crippen LogP contribution in [0.5, 0.6) is 0 Å². The number of para-hydroxylation sites is 2. The first-order chi connectivity index (χ1) is 9.92. The van der Waals surface area contributed by atoms with E-state index in [2.05, 4.69) is 15.0 Å². The summed E-state index contributed by atoms with van der Waals surface area (Å²) in [5.41, 5.74) is 2.85. The summed E-state index contributed by atoms with van der Waals surface area (Å²) in [6.45, 7) is 0. The summed E-state index contributed by atoms with van der Waals surface area (Å²) >= 11 is 0. The van der Waals surface area contributed by atoms with Crippen molar-refractivity contribution in [2.75, 3.05) is 0 Å². The van der Waals surface area contributed by atoms with Gasteiger partial charge in [-0.1, -0.05) is 36.4 Å². The zero-order valence-corrected chi connectivity index (χ0v) is 10.7. The first-order valence-corrected chi connectivity index (χ1v) is 6.48. The molecule has 3 nitrogen and oxygen atoms in total. The van der Waals surface area contributed by atoms with Crippen LogP contribution in [-0.4, -0.2) is 15.0 Å². The summed E-state index contributed by atoms with van der Waals surface area (Å²) in [4.78, 5) is 13.6. The van der Waals surface area contributed by atoms with Crippen molar-refractivity contribution in [3.63, 3.8) is 0 Å². The molecule has 0 fully saturated rings. The van der Waals surface area contributed by atoms with Gasteiger partial charge in [0.2, 0.25) is 0 Å². The van der Waals surface area contributed by atoms with E-state index >= 15 is 0 Å². The van der Waals surface area contributed by atoms with E-state index in [0.29, 0.717) is 5.82 Å². The van der Waals surface area contributed by atoms with Crippen molar-refractivity contribution < 1.29 is 0 Å². The standard InChI is InChI=1S/C17H11N3/c1-2-9-15-13(5-1)11-19-17(20-15)14-8-3-6-12-7-4-10-18-16(12)14/h1-11H. The molecule has 2 aromatic heterocycles. The van der Waals surface area contributed by atoms with E-state index in [1.807, 2.05) is 60.8 Å². The maximum absolute atomic E-state index is 4.64. The van der Waals surface area contributed by atoms with Crippen LogP contribution in [0.3, 0.4) is 0 Å². The maximum atomic E-state index is 4.64. The molecule has 0 N–H and O–H groups in total. The van der Waals surface area contributed by atoms with Gasteiger partial charge in [-0.25, -0.2) is 9.97 Å². The summed E-state index contributed by atoms with van der Waals surface area (Å²) in [6.07, 6.45) is 3.66. The Bertz CT molecular complexity index is 910. The van der Waals surface area contributed by atoms with Crippen LogP contribution in [0, 0.1) is 0 Å². The van der Waals surface area contributed by atoms with E-state index in [-0.39, 0.29) is 0 Å². The fourth-order valence-corrected chi connectivity index (χ4v) is 2.39. The minimum atomic E-state index is 0.716. The number of aromatic nitrogens is 3. The van der Waals surface area contributed by atoms with Crippen LogP contribution in [0.2, 0.25) is 0 Å². The third-order valence-corrected chi connectivity index (χ3v) is 3.36. The predicted octanol–water partition coefficient (Wildman–Crippen LogP) is 3.85. The Morgan fingerprint density at radius 2 is 1.55 bits per heavy atom. The lowest BCUT2D eigenvalue weighted by atomic mass is 10.1. The van der Waals surface area contributed by atoms with Crippen molar-refractivity contribution in [1.82, 2.24) is 15.0 Å². The molecule has 2 aromatic carbocycles. The van der Waals surface area contributed by atoms with Crippen LogP contribution >= 0.6 is 0 Å². The van der Waals surface area contributed by atoms with Crippen LogP contribution in [0.4, 0.5) is 0 Å². The van der Waals surface area contributed by atoms with Crippen LogP contribution in [0.25, 0.3) is 33.2 Å². The number of benzene rings is 2. The monoisotopic (exact) mass is 257 g/mol. The summed E-state index contributed by atoms with van der Waals surface area (Å²) in [5, 5.41) is 2.14. The largest absolute Gasteiger partial charge is 0.255 e. The molecule has 0 amide bonds. The van der Waals surface area contributed by atoms with Crippen LogP contribution < -0.4 is 0 Å². The van der Waals surface area contributed by atoms with Gasteiger partial charge in [-0.15, -0.1) is 0 Å². The molecule has 4 rings (SSSR count). The highest BCUT2D eigenvalue weighted by atomic mass is 14.9. The second-order valence-corrected chi connectivity index (χ2v) is 4.63. The molecule has 20 heavy (non-hydrogen) atoms. The molecule has 0 bridgehead atoms. The lowest BCUT2D eigenvalue weighted by Crippen LogP contribution is -1.92. The summed E-state index contributed by atoms with van der Waals surface area (Å²) in [5.74, 6) is 0.716. The Hall–Kier alpha value is -2.81. The van der Waals surface area contributed by atoms with E-state index in [9.17, 15) is 0 Å². The van der Waals surface area contributed by atoms with Crippen LogP contribution in [0.1, 0.15) is 0 Å². The molecule has 0 spiro atoms. The maximum Gasteiger partial charge on any atom is 0.161 e. The Balaban J connectivity index is 2.01. The van der Waals surface area contributed by atoms with Gasteiger partial charge in [-0.2, -0.15) is 0 Å². The molecular formula is C17H11N3. The van der Waals surface area contributed by atoms with Crippen molar-refractivity contribution in [1.29, 1.82) is 0 Å². The average molecular weight is 257 g/mol. The van der Waals surface area contributed by atoms with Gasteiger partial charge in [-0.3, -0.25) is 4.98 Å². The molecule has 0 aliphatic heterocycles. The second-order valence-electron chi connectivity index (χ2n) is 4.63. The molecule has 0 saturated heterocycles. The van der Waals surface area contributed by atoms with E-state index in [1.165, 1.54) is 0 Å². The van der Waals surface area contributed by atoms with E-state index in [4.69, 9.17) is 0 Å². The Morgan fingerprint density at radius 3 is 2.55 bits per heavy atom. The minimum absolute atomic E-state index is 0.716. The molecule has 0 radical (unpaired) electrons. The predicted molar refractivity (Wildman–Crippen MR) is 80.3 cm³/mol. The molecule has 0 saturated carbocycles. The van der Waals surface area contributed by atoms with Crippen molar-refractivity contribution >= 4 is 21.8 Å². The normalized spacial score (nSPS) is 11.0. The molecule has 3 heteroatoms. The Kier molecular flexibility index (Phi) is 2.42. The number of hydrogen-bond donors (Lipinski definition) is 0. The molecule has 0 atom stereocenters. The van der Waals surface area contributed by atoms with Gasteiger partial charge in [0.25, 0.3) is 0 Å². The van der Waals surface area contributed by atoms with Gasteiger partial charge in [0.15, 0.2) is 5.82 Å². The highest BCUT2D eigenvalue weighted by Gasteiger charge is 2.07. The molecular weight excluding hydrogens is 246 g/mol. The van der Waals surface area contributed by atoms with Gasteiger partial charge >= 0.3 is 0 Å². The zero-order chi connectivity index (χ0) is 13.4. The summed E-state index contributed by atoms with van der Waals surface area (Å²) < 4.78 is 0. The van der Waals surface area contributed by atoms with Crippen molar-refractivity contribution in [2.24, 2.45) is 0 Å². The summed E-state index contributed by atoms with van der Waals surface area (Å²) in [7, 11) is 0. The van der Waals surface area contributed by atoms with E-state index < -0.39 is 0 Å². The topological polar surface area (TPSA) is 38.7 Å². The second kappa shape index (κ2) is 4.38. The van der Waals surface area contributed by atoms with E-state index in [1.54, 1.807) is 6.20 Å². The van der Waals surface area contributed by atoms with Crippen molar-refractivity contribution in [2.45, 2.75) is 0 Å². The van der Waals surface area contributed by atoms with Crippen LogP contribution in [-0.2, 0) is 0 Å². The molecule has 0 aliphatic carbocycles. The van der Waals surface area contributed by atoms with E-state index in [0.717, 1.165) is 27.4 Å². The Morgan fingerprint density at radius 1 is 0.700 bits per heavy atom. The fraction of sp³-hybridized carbons (Fsp3) is 0. The first kappa shape index (κ1) is 11.1. The van der Waals surface area contributed by atoms with Gasteiger partial charge in [0.05, 0.1) is 11.0 Å². The fourth-order valence-electron chi connectivity index (χ4n) is 2.39. The van der Waals surface area contributed by atoms with Gasteiger partial charge in [-0.05, 0) is 18.2 Å². The van der Waals surface area contributed by atoms with Crippen molar-refractivity contribution in [3.05, 3.63) is 67.0 Å². The number of pyridine rings is 1. The van der Waals surface area contributed by atoms with Gasteiger partial charge in [0.1, 0.15) is 0 Å². The van der Waals surface area contributed by atoms with Gasteiger partial charge in [0, 0.05) is 28.7 Å². The number of hydrogen-bond acceptors (Lipinski definition) is 3. The molecule has 94 valence electrons. The SMILES string of the molecule is c1ccc2nc(-c3cccc4cccnc34)ncc2c1. The number of nitrogens with zero attached hydrogens (tertiary/aromatic N) is 3. The molecule has 0 unspecified atom stereocenters. The first-order valence-electron chi connectivity index (χ1n) is 6.48. The summed E-state index contributed by atoms with van der Waals surface area (Å²) in [6, 6.07) is 18.1. The molecule has 0 aliphatic rings. The highest BCUT2D eigenvalue weighted by molar-refractivity contribution is 5.92. The van der Waals surface area contributed by atoms with Gasteiger partial charge < -0.3 is 0 Å². The third kappa shape index (κ3) is 1.72. The molecule has 4 aromatic rings. The van der Waals surface area contributed by atoms with Crippen molar-refractivity contribution in [3.8, 4) is 11.4 Å². The number of fused-ring (bicyclic) bond motifs is 2. The minimum Gasteiger partial charge on any atom is -0.255 e. The Labute approximate surface area is 116 Å². The quantitative estimate of drug-likeness (QED) is 0.520. The number of rotatable bonds is 1. The molecule has 2 heterocycles.